The smallest absolute Gasteiger partial charge is 0.510 e. The summed E-state index contributed by atoms with van der Waals surface area (Å²) in [5, 5.41) is 2.72. The fraction of sp³-hybridized carbons (Fsp3) is 0.174. The van der Waals surface area contributed by atoms with Crippen LogP contribution in [-0.2, 0) is 21.1 Å². The molecule has 2 heterocycles. The van der Waals surface area contributed by atoms with E-state index in [0.717, 1.165) is 5.69 Å². The predicted molar refractivity (Wildman–Crippen MR) is 122 cm³/mol. The topological polar surface area (TPSA) is 13.0 Å². The summed E-state index contributed by atoms with van der Waals surface area (Å²) in [6, 6.07) is 19.1. The first-order chi connectivity index (χ1) is 12.9. The van der Waals surface area contributed by atoms with Crippen molar-refractivity contribution in [3.8, 4) is 0 Å². The Balaban J connectivity index is 0.00000150. The van der Waals surface area contributed by atoms with Crippen molar-refractivity contribution in [3.05, 3.63) is 94.1 Å². The minimum atomic E-state index is -1.87. The minimum absolute atomic E-state index is 0. The van der Waals surface area contributed by atoms with E-state index in [1.54, 1.807) is 0 Å². The van der Waals surface area contributed by atoms with Gasteiger partial charge < -0.3 is 27.0 Å². The third-order valence-electron chi connectivity index (χ3n) is 5.14. The third-order valence-corrected chi connectivity index (χ3v) is 8.53. The second-order valence-corrected chi connectivity index (χ2v) is 12.0. The molecule has 0 aliphatic carbocycles. The van der Waals surface area contributed by atoms with Crippen LogP contribution < -0.4 is 20.2 Å². The van der Waals surface area contributed by atoms with Crippen LogP contribution in [0.3, 0.4) is 0 Å². The van der Waals surface area contributed by atoms with Crippen molar-refractivity contribution in [1.29, 1.82) is 0 Å². The van der Waals surface area contributed by atoms with Gasteiger partial charge in [-0.15, -0.1) is 5.69 Å². The molecule has 2 aromatic rings. The molecule has 0 aromatic heterocycles. The van der Waals surface area contributed by atoms with Crippen LogP contribution in [0.25, 0.3) is 0 Å². The zero-order chi connectivity index (χ0) is 19.0. The Labute approximate surface area is 191 Å². The molecule has 0 atom stereocenters. The fourth-order valence-electron chi connectivity index (χ4n) is 3.38. The van der Waals surface area contributed by atoms with E-state index in [1.807, 2.05) is 25.2 Å². The molecule has 2 aliphatic rings. The number of hydrogen-bond donors (Lipinski definition) is 0. The number of anilines is 2. The molecule has 0 radical (unpaired) electrons. The average Bonchev–Trinajstić information content (AvgIpc) is 3.30. The van der Waals surface area contributed by atoms with E-state index < -0.39 is 8.07 Å². The van der Waals surface area contributed by atoms with E-state index in [1.165, 1.54) is 16.1 Å². The van der Waals surface area contributed by atoms with Gasteiger partial charge in [0.25, 0.3) is 0 Å². The van der Waals surface area contributed by atoms with Crippen LogP contribution in [0.4, 0.5) is 11.4 Å². The summed E-state index contributed by atoms with van der Waals surface area (Å²) in [5.41, 5.74) is 2.28. The zero-order valence-electron chi connectivity index (χ0n) is 17.6. The second kappa shape index (κ2) is 9.23. The first-order valence-corrected chi connectivity index (χ1v) is 12.1. The van der Waals surface area contributed by atoms with E-state index in [9.17, 15) is 0 Å². The zero-order valence-corrected chi connectivity index (χ0v) is 20.9. The summed E-state index contributed by atoms with van der Waals surface area (Å²) in [6.45, 7) is 8.95. The Morgan fingerprint density at radius 3 is 2.07 bits per heavy atom. The van der Waals surface area contributed by atoms with E-state index in [-0.39, 0.29) is 28.5 Å². The van der Waals surface area contributed by atoms with Gasteiger partial charge >= 0.3 is 21.1 Å². The maximum atomic E-state index is 3.68. The van der Waals surface area contributed by atoms with Crippen molar-refractivity contribution in [2.24, 2.45) is 0 Å². The van der Waals surface area contributed by atoms with Crippen molar-refractivity contribution in [2.45, 2.75) is 13.1 Å². The van der Waals surface area contributed by atoms with Crippen LogP contribution in [0.2, 0.25) is 13.1 Å². The monoisotopic (exact) mass is 583 g/mol. The Bertz CT molecular complexity index is 824. The molecule has 6 heteroatoms. The van der Waals surface area contributed by atoms with Crippen molar-refractivity contribution in [3.63, 3.8) is 0 Å². The Morgan fingerprint density at radius 1 is 0.828 bits per heavy atom. The third kappa shape index (κ3) is 4.79. The summed E-state index contributed by atoms with van der Waals surface area (Å²) >= 11 is 0. The van der Waals surface area contributed by atoms with E-state index in [2.05, 4.69) is 108 Å². The summed E-state index contributed by atoms with van der Waals surface area (Å²) < 4.78 is 0. The van der Waals surface area contributed by atoms with Crippen molar-refractivity contribution < 1.29 is 21.1 Å². The van der Waals surface area contributed by atoms with Gasteiger partial charge in [-0.3, -0.25) is 0 Å². The fourth-order valence-corrected chi connectivity index (χ4v) is 5.66. The van der Waals surface area contributed by atoms with Gasteiger partial charge in [-0.05, 0) is 51.0 Å². The molecule has 2 aliphatic heterocycles. The molecule has 0 N–H and O–H groups in total. The number of nitrogens with zero attached hydrogens (tertiary/aromatic N) is 4. The Hall–Kier alpha value is -1.97. The molecule has 0 amide bonds. The van der Waals surface area contributed by atoms with Gasteiger partial charge in [0.05, 0.1) is 8.07 Å². The largest absolute Gasteiger partial charge is 4.00 e. The molecule has 0 fully saturated rings. The average molecular weight is 584 g/mol. The van der Waals surface area contributed by atoms with Crippen LogP contribution in [-0.4, -0.2) is 32.0 Å². The van der Waals surface area contributed by atoms with Crippen LogP contribution >= 0.6 is 0 Å². The molecule has 0 saturated carbocycles. The standard InChI is InChI=1S/C22H25N4Si.CH3.Pt/c1-23-11-13-25(17-23)19-7-5-9-21(15-19)27(3,4)22-10-6-8-20(16-22)26-14-12-24(2)18-26;;/h5-15,17-18H,1-4H3;1H3;/q-3;-1;+4. The first-order valence-electron chi connectivity index (χ1n) is 9.14. The molecular weight excluding hydrogens is 555 g/mol. The molecule has 0 bridgehead atoms. The quantitative estimate of drug-likeness (QED) is 0.404. The minimum Gasteiger partial charge on any atom is -0.510 e. The van der Waals surface area contributed by atoms with E-state index in [4.69, 9.17) is 0 Å². The maximum absolute atomic E-state index is 3.68. The van der Waals surface area contributed by atoms with Gasteiger partial charge in [0.1, 0.15) is 0 Å². The van der Waals surface area contributed by atoms with E-state index in [0.29, 0.717) is 0 Å². The van der Waals surface area contributed by atoms with Gasteiger partial charge in [-0.2, -0.15) is 42.8 Å². The molecule has 29 heavy (non-hydrogen) atoms. The van der Waals surface area contributed by atoms with Crippen molar-refractivity contribution in [1.82, 2.24) is 9.80 Å². The van der Waals surface area contributed by atoms with Crippen LogP contribution in [0.15, 0.2) is 67.3 Å². The molecule has 0 unspecified atom stereocenters. The Morgan fingerprint density at radius 2 is 1.45 bits per heavy atom. The SMILES string of the molecule is CN1C=CN(c2[c-]c([Si](C)(C)c3cccc(N4C=CN(C)[CH-]4)c3)ccc2)[CH-]1.[CH3-].[Pt+4]. The summed E-state index contributed by atoms with van der Waals surface area (Å²) in [6.07, 6.45) is 8.26. The normalized spacial score (nSPS) is 15.6. The van der Waals surface area contributed by atoms with Crippen LogP contribution in [0.5, 0.6) is 0 Å². The molecule has 2 aromatic carbocycles. The van der Waals surface area contributed by atoms with Gasteiger partial charge in [0, 0.05) is 5.69 Å². The maximum Gasteiger partial charge on any atom is 4.00 e. The molecule has 0 spiro atoms. The Kier molecular flexibility index (Phi) is 7.42. The molecule has 4 nitrogen and oxygen atoms in total. The molecule has 0 saturated heterocycles. The second-order valence-electron chi connectivity index (χ2n) is 7.60. The predicted octanol–water partition coefficient (Wildman–Crippen LogP) is 3.44. The van der Waals surface area contributed by atoms with Gasteiger partial charge in [-0.25, -0.2) is 0 Å². The van der Waals surface area contributed by atoms with Crippen LogP contribution in [0, 0.1) is 26.8 Å². The summed E-state index contributed by atoms with van der Waals surface area (Å²) in [7, 11) is 2.21. The van der Waals surface area contributed by atoms with Gasteiger partial charge in [0.15, 0.2) is 0 Å². The van der Waals surface area contributed by atoms with Gasteiger partial charge in [-0.1, -0.05) is 30.4 Å². The summed E-state index contributed by atoms with van der Waals surface area (Å²) in [5.74, 6) is 0. The number of benzene rings is 2. The first kappa shape index (κ1) is 23.3. The van der Waals surface area contributed by atoms with Crippen molar-refractivity contribution >= 4 is 29.8 Å². The van der Waals surface area contributed by atoms with E-state index >= 15 is 0 Å². The molecule has 4 rings (SSSR count). The van der Waals surface area contributed by atoms with Crippen LogP contribution in [0.1, 0.15) is 0 Å². The summed E-state index contributed by atoms with van der Waals surface area (Å²) in [4.78, 5) is 8.38. The molecular formula is C23H28N4PtSi. The molecule has 154 valence electrons. The van der Waals surface area contributed by atoms with Gasteiger partial charge in [0.2, 0.25) is 0 Å². The number of rotatable bonds is 4. The number of hydrogen-bond acceptors (Lipinski definition) is 4. The van der Waals surface area contributed by atoms with Crippen molar-refractivity contribution in [2.75, 3.05) is 23.9 Å².